The summed E-state index contributed by atoms with van der Waals surface area (Å²) in [5, 5.41) is 13.8. The van der Waals surface area contributed by atoms with E-state index in [2.05, 4.69) is 15.3 Å². The van der Waals surface area contributed by atoms with Crippen LogP contribution in [0, 0.1) is 13.8 Å². The van der Waals surface area contributed by atoms with Gasteiger partial charge in [-0.3, -0.25) is 0 Å². The van der Waals surface area contributed by atoms with Crippen LogP contribution in [0.3, 0.4) is 0 Å². The third-order valence-corrected chi connectivity index (χ3v) is 2.25. The van der Waals surface area contributed by atoms with Gasteiger partial charge in [0.1, 0.15) is 5.01 Å². The molecule has 0 unspecified atom stereocenters. The number of rotatable bonds is 1. The molecular formula is C7H8N4S. The minimum Gasteiger partial charge on any atom is -0.212 e. The molecule has 0 aliphatic heterocycles. The number of aryl methyl sites for hydroxylation is 2. The van der Waals surface area contributed by atoms with Crippen molar-refractivity contribution in [1.29, 1.82) is 0 Å². The molecule has 2 aromatic rings. The summed E-state index contributed by atoms with van der Waals surface area (Å²) >= 11 is 1.53. The fourth-order valence-corrected chi connectivity index (χ4v) is 1.52. The van der Waals surface area contributed by atoms with Gasteiger partial charge in [-0.15, -0.1) is 10.2 Å². The van der Waals surface area contributed by atoms with Crippen molar-refractivity contribution in [2.75, 3.05) is 0 Å². The van der Waals surface area contributed by atoms with Gasteiger partial charge in [-0.25, -0.2) is 4.68 Å². The van der Waals surface area contributed by atoms with Crippen LogP contribution in [-0.4, -0.2) is 20.0 Å². The average molecular weight is 180 g/mol. The summed E-state index contributed by atoms with van der Waals surface area (Å²) in [5.41, 5.74) is 1.13. The molecule has 0 amide bonds. The van der Waals surface area contributed by atoms with Crippen LogP contribution < -0.4 is 0 Å². The summed E-state index contributed by atoms with van der Waals surface area (Å²) < 4.78 is 1.74. The van der Waals surface area contributed by atoms with E-state index in [4.69, 9.17) is 0 Å². The van der Waals surface area contributed by atoms with Gasteiger partial charge >= 0.3 is 0 Å². The van der Waals surface area contributed by atoms with Crippen molar-refractivity contribution < 1.29 is 0 Å². The second-order valence-electron chi connectivity index (χ2n) is 2.57. The van der Waals surface area contributed by atoms with Crippen LogP contribution in [0.4, 0.5) is 0 Å². The lowest BCUT2D eigenvalue weighted by Crippen LogP contribution is -1.92. The predicted octanol–water partition coefficient (Wildman–Crippen LogP) is 1.34. The molecule has 0 radical (unpaired) electrons. The molecule has 0 aromatic carbocycles. The Kier molecular flexibility index (Phi) is 1.65. The maximum absolute atomic E-state index is 4.12. The second-order valence-corrected chi connectivity index (χ2v) is 3.73. The molecule has 5 heteroatoms. The van der Waals surface area contributed by atoms with Crippen molar-refractivity contribution in [1.82, 2.24) is 20.0 Å². The molecule has 2 aromatic heterocycles. The highest BCUT2D eigenvalue weighted by molar-refractivity contribution is 7.13. The zero-order chi connectivity index (χ0) is 8.55. The molecule has 0 bridgehead atoms. The summed E-state index contributed by atoms with van der Waals surface area (Å²) in [6.07, 6.45) is 3.73. The first-order valence-electron chi connectivity index (χ1n) is 3.57. The molecule has 2 heterocycles. The zero-order valence-electron chi connectivity index (χ0n) is 6.85. The Labute approximate surface area is 73.9 Å². The van der Waals surface area contributed by atoms with E-state index in [1.165, 1.54) is 11.3 Å². The normalized spacial score (nSPS) is 10.5. The molecule has 0 atom stereocenters. The average Bonchev–Trinajstić information content (AvgIpc) is 2.58. The van der Waals surface area contributed by atoms with E-state index in [0.717, 1.165) is 15.7 Å². The van der Waals surface area contributed by atoms with Gasteiger partial charge in [-0.1, -0.05) is 11.3 Å². The third-order valence-electron chi connectivity index (χ3n) is 1.42. The van der Waals surface area contributed by atoms with Gasteiger partial charge in [-0.05, 0) is 19.4 Å². The summed E-state index contributed by atoms with van der Waals surface area (Å²) in [6.45, 7) is 3.93. The van der Waals surface area contributed by atoms with Crippen molar-refractivity contribution >= 4 is 11.3 Å². The lowest BCUT2D eigenvalue weighted by molar-refractivity contribution is 0.843. The van der Waals surface area contributed by atoms with Gasteiger partial charge in [0.15, 0.2) is 0 Å². The number of hydrogen-bond donors (Lipinski definition) is 0. The SMILES string of the molecule is Cc1cnn(-c2nnc(C)s2)c1. The molecule has 12 heavy (non-hydrogen) atoms. The third kappa shape index (κ3) is 1.23. The quantitative estimate of drug-likeness (QED) is 0.665. The van der Waals surface area contributed by atoms with Crippen molar-refractivity contribution in [2.24, 2.45) is 0 Å². The first-order valence-corrected chi connectivity index (χ1v) is 4.39. The maximum atomic E-state index is 4.12. The smallest absolute Gasteiger partial charge is 0.212 e. The number of nitrogens with zero attached hydrogens (tertiary/aromatic N) is 4. The highest BCUT2D eigenvalue weighted by Gasteiger charge is 2.02. The largest absolute Gasteiger partial charge is 0.232 e. The van der Waals surface area contributed by atoms with Crippen LogP contribution in [0.25, 0.3) is 5.13 Å². The van der Waals surface area contributed by atoms with Gasteiger partial charge in [-0.2, -0.15) is 5.10 Å². The molecule has 2 rings (SSSR count). The van der Waals surface area contributed by atoms with E-state index < -0.39 is 0 Å². The Morgan fingerprint density at radius 2 is 2.17 bits per heavy atom. The predicted molar refractivity (Wildman–Crippen MR) is 46.5 cm³/mol. The molecule has 4 nitrogen and oxygen atoms in total. The van der Waals surface area contributed by atoms with E-state index in [1.807, 2.05) is 20.0 Å². The summed E-state index contributed by atoms with van der Waals surface area (Å²) in [4.78, 5) is 0. The fourth-order valence-electron chi connectivity index (χ4n) is 0.896. The minimum absolute atomic E-state index is 0.820. The number of hydrogen-bond acceptors (Lipinski definition) is 4. The molecular weight excluding hydrogens is 172 g/mol. The van der Waals surface area contributed by atoms with Crippen LogP contribution in [0.15, 0.2) is 12.4 Å². The molecule has 0 spiro atoms. The van der Waals surface area contributed by atoms with Gasteiger partial charge in [0.25, 0.3) is 0 Å². The van der Waals surface area contributed by atoms with E-state index in [9.17, 15) is 0 Å². The molecule has 0 N–H and O–H groups in total. The van der Waals surface area contributed by atoms with Crippen LogP contribution in [0.1, 0.15) is 10.6 Å². The Hall–Kier alpha value is -1.23. The topological polar surface area (TPSA) is 43.6 Å². The summed E-state index contributed by atoms with van der Waals surface area (Å²) in [7, 11) is 0. The summed E-state index contributed by atoms with van der Waals surface area (Å²) in [6, 6.07) is 0. The van der Waals surface area contributed by atoms with Crippen LogP contribution >= 0.6 is 11.3 Å². The fraction of sp³-hybridized carbons (Fsp3) is 0.286. The number of aromatic nitrogens is 4. The van der Waals surface area contributed by atoms with E-state index >= 15 is 0 Å². The van der Waals surface area contributed by atoms with Crippen molar-refractivity contribution in [3.63, 3.8) is 0 Å². The Balaban J connectivity index is 2.43. The lowest BCUT2D eigenvalue weighted by atomic mass is 10.4. The van der Waals surface area contributed by atoms with E-state index in [0.29, 0.717) is 0 Å². The molecule has 62 valence electrons. The molecule has 0 aliphatic carbocycles. The Bertz CT molecular complexity index is 351. The van der Waals surface area contributed by atoms with Gasteiger partial charge in [0.05, 0.1) is 6.20 Å². The Morgan fingerprint density at radius 1 is 1.33 bits per heavy atom. The first kappa shape index (κ1) is 7.42. The summed E-state index contributed by atoms with van der Waals surface area (Å²) in [5.74, 6) is 0. The monoisotopic (exact) mass is 180 g/mol. The van der Waals surface area contributed by atoms with Crippen molar-refractivity contribution in [3.8, 4) is 5.13 Å². The highest BCUT2D eigenvalue weighted by Crippen LogP contribution is 2.12. The molecule has 0 aliphatic rings. The molecule has 0 saturated carbocycles. The minimum atomic E-state index is 0.820. The van der Waals surface area contributed by atoms with Gasteiger partial charge < -0.3 is 0 Å². The second kappa shape index (κ2) is 2.67. The van der Waals surface area contributed by atoms with Crippen LogP contribution in [0.5, 0.6) is 0 Å². The molecule has 0 saturated heterocycles. The van der Waals surface area contributed by atoms with Crippen molar-refractivity contribution in [3.05, 3.63) is 23.0 Å². The van der Waals surface area contributed by atoms with Crippen LogP contribution in [-0.2, 0) is 0 Å². The van der Waals surface area contributed by atoms with Gasteiger partial charge in [0, 0.05) is 6.20 Å². The zero-order valence-corrected chi connectivity index (χ0v) is 7.67. The maximum Gasteiger partial charge on any atom is 0.232 e. The Morgan fingerprint density at radius 3 is 2.67 bits per heavy atom. The standard InChI is InChI=1S/C7H8N4S/c1-5-3-8-11(4-5)7-10-9-6(2)12-7/h3-4H,1-2H3. The lowest BCUT2D eigenvalue weighted by Gasteiger charge is -1.89. The van der Waals surface area contributed by atoms with Crippen LogP contribution in [0.2, 0.25) is 0 Å². The van der Waals surface area contributed by atoms with E-state index in [-0.39, 0.29) is 0 Å². The highest BCUT2D eigenvalue weighted by atomic mass is 32.1. The molecule has 0 fully saturated rings. The van der Waals surface area contributed by atoms with E-state index in [1.54, 1.807) is 10.9 Å². The van der Waals surface area contributed by atoms with Gasteiger partial charge in [0.2, 0.25) is 5.13 Å². The first-order chi connectivity index (χ1) is 5.75. The van der Waals surface area contributed by atoms with Crippen molar-refractivity contribution in [2.45, 2.75) is 13.8 Å².